The van der Waals surface area contributed by atoms with Gasteiger partial charge in [-0.15, -0.1) is 0 Å². The summed E-state index contributed by atoms with van der Waals surface area (Å²) in [6, 6.07) is 9.24. The average molecular weight is 355 g/mol. The van der Waals surface area contributed by atoms with Crippen molar-refractivity contribution in [2.24, 2.45) is 5.73 Å². The van der Waals surface area contributed by atoms with Crippen molar-refractivity contribution in [3.05, 3.63) is 47.4 Å². The van der Waals surface area contributed by atoms with Crippen LogP contribution in [-0.2, 0) is 6.42 Å². The van der Waals surface area contributed by atoms with Gasteiger partial charge >= 0.3 is 0 Å². The number of aromatic nitrogens is 2. The van der Waals surface area contributed by atoms with E-state index in [0.29, 0.717) is 25.2 Å². The lowest BCUT2D eigenvalue weighted by atomic mass is 10.1. The third-order valence-electron chi connectivity index (χ3n) is 4.51. The normalized spacial score (nSPS) is 14.4. The zero-order valence-electron chi connectivity index (χ0n) is 15.3. The predicted octanol–water partition coefficient (Wildman–Crippen LogP) is 1.26. The highest BCUT2D eigenvalue weighted by Crippen LogP contribution is 2.18. The molecule has 0 atom stereocenters. The van der Waals surface area contributed by atoms with Crippen LogP contribution in [0.5, 0.6) is 5.75 Å². The van der Waals surface area contributed by atoms with Gasteiger partial charge in [-0.3, -0.25) is 4.79 Å². The van der Waals surface area contributed by atoms with Crippen LogP contribution in [0.3, 0.4) is 0 Å². The number of anilines is 1. The van der Waals surface area contributed by atoms with E-state index in [-0.39, 0.29) is 5.91 Å². The number of carbonyl (C=O) groups excluding carboxylic acids is 1. The van der Waals surface area contributed by atoms with Crippen molar-refractivity contribution >= 4 is 11.7 Å². The Labute approximate surface area is 153 Å². The molecule has 1 amide bonds. The van der Waals surface area contributed by atoms with Crippen molar-refractivity contribution in [3.63, 3.8) is 0 Å². The number of nitrogens with zero attached hydrogens (tertiary/aromatic N) is 4. The lowest BCUT2D eigenvalue weighted by Crippen LogP contribution is -2.49. The molecule has 138 valence electrons. The number of benzene rings is 1. The van der Waals surface area contributed by atoms with Crippen molar-refractivity contribution in [2.75, 3.05) is 44.7 Å². The fourth-order valence-electron chi connectivity index (χ4n) is 3.10. The second-order valence-electron chi connectivity index (χ2n) is 6.31. The minimum absolute atomic E-state index is 0.0509. The van der Waals surface area contributed by atoms with Crippen LogP contribution >= 0.6 is 0 Å². The maximum absolute atomic E-state index is 12.7. The molecule has 1 saturated heterocycles. The van der Waals surface area contributed by atoms with Crippen molar-refractivity contribution in [1.82, 2.24) is 14.9 Å². The minimum Gasteiger partial charge on any atom is -0.497 e. The van der Waals surface area contributed by atoms with Crippen molar-refractivity contribution in [3.8, 4) is 5.75 Å². The van der Waals surface area contributed by atoms with E-state index in [4.69, 9.17) is 10.5 Å². The molecule has 7 heteroatoms. The summed E-state index contributed by atoms with van der Waals surface area (Å²) in [6.45, 7) is 5.30. The van der Waals surface area contributed by atoms with Crippen LogP contribution in [0.25, 0.3) is 0 Å². The molecule has 2 aromatic rings. The van der Waals surface area contributed by atoms with E-state index in [1.54, 1.807) is 19.2 Å². The van der Waals surface area contributed by atoms with Crippen molar-refractivity contribution in [1.29, 1.82) is 0 Å². The fraction of sp³-hybridized carbons (Fsp3) is 0.421. The van der Waals surface area contributed by atoms with Gasteiger partial charge in [-0.05, 0) is 37.7 Å². The summed E-state index contributed by atoms with van der Waals surface area (Å²) in [6.07, 6.45) is 0.742. The Balaban J connectivity index is 1.64. The number of ether oxygens (including phenoxy) is 1. The van der Waals surface area contributed by atoms with Crippen LogP contribution in [0.15, 0.2) is 30.3 Å². The third kappa shape index (κ3) is 4.11. The number of carbonyl (C=O) groups is 1. The van der Waals surface area contributed by atoms with Crippen LogP contribution in [-0.4, -0.2) is 60.6 Å². The first-order valence-corrected chi connectivity index (χ1v) is 8.83. The Hall–Kier alpha value is -2.67. The Morgan fingerprint density at radius 1 is 1.15 bits per heavy atom. The summed E-state index contributed by atoms with van der Waals surface area (Å²) in [7, 11) is 1.61. The molecule has 7 nitrogen and oxygen atoms in total. The molecule has 3 rings (SSSR count). The van der Waals surface area contributed by atoms with Crippen LogP contribution in [0.4, 0.5) is 5.82 Å². The summed E-state index contributed by atoms with van der Waals surface area (Å²) in [4.78, 5) is 25.7. The summed E-state index contributed by atoms with van der Waals surface area (Å²) < 4.78 is 5.14. The number of hydrogen-bond donors (Lipinski definition) is 1. The molecule has 1 fully saturated rings. The third-order valence-corrected chi connectivity index (χ3v) is 4.51. The zero-order chi connectivity index (χ0) is 18.5. The molecule has 0 radical (unpaired) electrons. The topological polar surface area (TPSA) is 84.6 Å². The van der Waals surface area contributed by atoms with Gasteiger partial charge in [-0.25, -0.2) is 9.97 Å². The van der Waals surface area contributed by atoms with Crippen molar-refractivity contribution < 1.29 is 9.53 Å². The van der Waals surface area contributed by atoms with Gasteiger partial charge in [0, 0.05) is 49.9 Å². The number of methoxy groups -OCH3 is 1. The molecule has 1 aromatic carbocycles. The molecule has 1 aromatic heterocycles. The lowest BCUT2D eigenvalue weighted by Gasteiger charge is -2.35. The molecule has 0 unspecified atom stereocenters. The highest BCUT2D eigenvalue weighted by molar-refractivity contribution is 5.94. The first kappa shape index (κ1) is 18.1. The molecule has 0 saturated carbocycles. The van der Waals surface area contributed by atoms with E-state index in [9.17, 15) is 4.79 Å². The van der Waals surface area contributed by atoms with E-state index in [1.165, 1.54) is 0 Å². The van der Waals surface area contributed by atoms with E-state index in [0.717, 1.165) is 42.6 Å². The number of nitrogens with two attached hydrogens (primary N) is 1. The van der Waals surface area contributed by atoms with Gasteiger partial charge in [0.2, 0.25) is 0 Å². The summed E-state index contributed by atoms with van der Waals surface area (Å²) in [5, 5.41) is 0. The van der Waals surface area contributed by atoms with Crippen molar-refractivity contribution in [2.45, 2.75) is 13.3 Å². The molecule has 26 heavy (non-hydrogen) atoms. The molecule has 0 spiro atoms. The van der Waals surface area contributed by atoms with Gasteiger partial charge in [-0.2, -0.15) is 0 Å². The molecule has 2 N–H and O–H groups in total. The Morgan fingerprint density at radius 2 is 1.85 bits per heavy atom. The Morgan fingerprint density at radius 3 is 2.46 bits per heavy atom. The molecule has 1 aliphatic rings. The van der Waals surface area contributed by atoms with Gasteiger partial charge in [0.15, 0.2) is 0 Å². The van der Waals surface area contributed by atoms with Gasteiger partial charge in [0.05, 0.1) is 7.11 Å². The average Bonchev–Trinajstić information content (AvgIpc) is 2.67. The van der Waals surface area contributed by atoms with E-state index in [2.05, 4.69) is 14.9 Å². The first-order chi connectivity index (χ1) is 12.6. The largest absolute Gasteiger partial charge is 0.497 e. The maximum Gasteiger partial charge on any atom is 0.253 e. The van der Waals surface area contributed by atoms with Gasteiger partial charge in [-0.1, -0.05) is 0 Å². The predicted molar refractivity (Wildman–Crippen MR) is 101 cm³/mol. The number of rotatable bonds is 5. The molecular weight excluding hydrogens is 330 g/mol. The monoisotopic (exact) mass is 355 g/mol. The standard InChI is InChI=1S/C19H25N5O2/c1-14-21-16(7-8-20)13-18(22-14)23-9-11-24(12-10-23)19(25)15-3-5-17(26-2)6-4-15/h3-6,13H,7-12,20H2,1-2H3. The second kappa shape index (κ2) is 8.14. The van der Waals surface area contributed by atoms with E-state index < -0.39 is 0 Å². The summed E-state index contributed by atoms with van der Waals surface area (Å²) in [5.41, 5.74) is 7.29. The molecule has 1 aliphatic heterocycles. The number of hydrogen-bond acceptors (Lipinski definition) is 6. The number of amides is 1. The molecule has 2 heterocycles. The Kier molecular flexibility index (Phi) is 5.68. The smallest absolute Gasteiger partial charge is 0.253 e. The minimum atomic E-state index is 0.0509. The van der Waals surface area contributed by atoms with Gasteiger partial charge in [0.1, 0.15) is 17.4 Å². The first-order valence-electron chi connectivity index (χ1n) is 8.83. The Bertz CT molecular complexity index is 755. The van der Waals surface area contributed by atoms with Crippen LogP contribution in [0, 0.1) is 6.92 Å². The highest BCUT2D eigenvalue weighted by Gasteiger charge is 2.23. The molecule has 0 aliphatic carbocycles. The van der Waals surface area contributed by atoms with E-state index in [1.807, 2.05) is 30.0 Å². The summed E-state index contributed by atoms with van der Waals surface area (Å²) in [5.74, 6) is 2.47. The van der Waals surface area contributed by atoms with E-state index >= 15 is 0 Å². The van der Waals surface area contributed by atoms with Crippen LogP contribution in [0.1, 0.15) is 21.9 Å². The zero-order valence-corrected chi connectivity index (χ0v) is 15.3. The molecular formula is C19H25N5O2. The van der Waals surface area contributed by atoms with Gasteiger partial charge < -0.3 is 20.3 Å². The second-order valence-corrected chi connectivity index (χ2v) is 6.31. The maximum atomic E-state index is 12.7. The fourth-order valence-corrected chi connectivity index (χ4v) is 3.10. The number of aryl methyl sites for hydroxylation is 1. The summed E-state index contributed by atoms with van der Waals surface area (Å²) >= 11 is 0. The van der Waals surface area contributed by atoms with Crippen LogP contribution < -0.4 is 15.4 Å². The van der Waals surface area contributed by atoms with Gasteiger partial charge in [0.25, 0.3) is 5.91 Å². The molecule has 0 bridgehead atoms. The SMILES string of the molecule is COc1ccc(C(=O)N2CCN(c3cc(CCN)nc(C)n3)CC2)cc1. The number of piperazine rings is 1. The highest BCUT2D eigenvalue weighted by atomic mass is 16.5. The quantitative estimate of drug-likeness (QED) is 0.869. The van der Waals surface area contributed by atoms with Crippen LogP contribution in [0.2, 0.25) is 0 Å². The lowest BCUT2D eigenvalue weighted by molar-refractivity contribution is 0.0746.